The molecular weight excluding hydrogens is 376 g/mol. The quantitative estimate of drug-likeness (QED) is 0.550. The highest BCUT2D eigenvalue weighted by atomic mass is 32.2. The molecular formula is C24H30N4S. The Morgan fingerprint density at radius 2 is 1.66 bits per heavy atom. The third kappa shape index (κ3) is 5.94. The number of para-hydroxylation sites is 1. The molecule has 2 aromatic carbocycles. The van der Waals surface area contributed by atoms with E-state index in [0.29, 0.717) is 0 Å². The van der Waals surface area contributed by atoms with Crippen LogP contribution >= 0.6 is 11.9 Å². The number of hydrogen-bond acceptors (Lipinski definition) is 5. The highest BCUT2D eigenvalue weighted by Crippen LogP contribution is 2.25. The van der Waals surface area contributed by atoms with Gasteiger partial charge in [0.15, 0.2) is 0 Å². The predicted molar refractivity (Wildman–Crippen MR) is 126 cm³/mol. The summed E-state index contributed by atoms with van der Waals surface area (Å²) in [7, 11) is 0. The van der Waals surface area contributed by atoms with Crippen molar-refractivity contribution in [3.05, 3.63) is 65.7 Å². The van der Waals surface area contributed by atoms with Gasteiger partial charge in [0.05, 0.1) is 12.3 Å². The lowest BCUT2D eigenvalue weighted by Crippen LogP contribution is -2.28. The minimum absolute atomic E-state index is 0.835. The molecule has 0 atom stereocenters. The van der Waals surface area contributed by atoms with Crippen LogP contribution in [0.3, 0.4) is 0 Å². The minimum Gasteiger partial charge on any atom is -0.312 e. The van der Waals surface area contributed by atoms with Gasteiger partial charge in [-0.1, -0.05) is 55.3 Å². The molecule has 1 fully saturated rings. The molecule has 0 aromatic heterocycles. The Hall–Kier alpha value is -2.11. The van der Waals surface area contributed by atoms with Crippen LogP contribution in [0, 0.1) is 0 Å². The van der Waals surface area contributed by atoms with Crippen molar-refractivity contribution >= 4 is 29.6 Å². The summed E-state index contributed by atoms with van der Waals surface area (Å²) in [6.07, 6.45) is 8.21. The highest BCUT2D eigenvalue weighted by molar-refractivity contribution is 8.00. The van der Waals surface area contributed by atoms with Gasteiger partial charge in [-0.15, -0.1) is 0 Å². The Bertz CT molecular complexity index is 809. The number of anilines is 1. The van der Waals surface area contributed by atoms with E-state index in [9.17, 15) is 0 Å². The maximum atomic E-state index is 4.20. The molecule has 0 saturated carbocycles. The first-order valence-electron chi connectivity index (χ1n) is 10.7. The second-order valence-electron chi connectivity index (χ2n) is 7.71. The number of rotatable bonds is 8. The van der Waals surface area contributed by atoms with E-state index < -0.39 is 0 Å². The van der Waals surface area contributed by atoms with E-state index in [1.807, 2.05) is 18.2 Å². The molecule has 0 N–H and O–H groups in total. The van der Waals surface area contributed by atoms with Crippen molar-refractivity contribution in [1.82, 2.24) is 4.90 Å². The smallest absolute Gasteiger partial charge is 0.0756 e. The summed E-state index contributed by atoms with van der Waals surface area (Å²) >= 11 is 1.95. The van der Waals surface area contributed by atoms with Crippen LogP contribution in [0.5, 0.6) is 0 Å². The van der Waals surface area contributed by atoms with Crippen molar-refractivity contribution in [1.29, 1.82) is 0 Å². The Morgan fingerprint density at radius 1 is 0.897 bits per heavy atom. The molecule has 0 radical (unpaired) electrons. The number of nitrogens with zero attached hydrogens (tertiary/aromatic N) is 4. The van der Waals surface area contributed by atoms with Gasteiger partial charge in [-0.2, -0.15) is 10.2 Å². The van der Waals surface area contributed by atoms with Gasteiger partial charge < -0.3 is 9.21 Å². The normalized spacial score (nSPS) is 17.2. The molecule has 0 bridgehead atoms. The van der Waals surface area contributed by atoms with Crippen LogP contribution in [0.25, 0.3) is 0 Å². The molecule has 0 aliphatic carbocycles. The zero-order valence-corrected chi connectivity index (χ0v) is 17.9. The second-order valence-corrected chi connectivity index (χ2v) is 8.81. The van der Waals surface area contributed by atoms with E-state index in [4.69, 9.17) is 0 Å². The van der Waals surface area contributed by atoms with Crippen LogP contribution in [-0.2, 0) is 6.54 Å². The van der Waals surface area contributed by atoms with Gasteiger partial charge in [0.25, 0.3) is 0 Å². The monoisotopic (exact) mass is 406 g/mol. The van der Waals surface area contributed by atoms with Crippen molar-refractivity contribution in [2.45, 2.75) is 38.6 Å². The summed E-state index contributed by atoms with van der Waals surface area (Å²) in [5.41, 5.74) is 4.82. The van der Waals surface area contributed by atoms with Gasteiger partial charge in [-0.25, -0.2) is 0 Å². The molecule has 2 aromatic rings. The van der Waals surface area contributed by atoms with Crippen LogP contribution in [0.2, 0.25) is 0 Å². The molecule has 4 nitrogen and oxygen atoms in total. The van der Waals surface area contributed by atoms with E-state index in [0.717, 1.165) is 24.4 Å². The van der Waals surface area contributed by atoms with Crippen LogP contribution in [0.4, 0.5) is 5.69 Å². The molecule has 29 heavy (non-hydrogen) atoms. The Labute approximate surface area is 178 Å². The molecule has 5 heteroatoms. The third-order valence-corrected chi connectivity index (χ3v) is 6.57. The molecule has 0 spiro atoms. The molecule has 1 saturated heterocycles. The van der Waals surface area contributed by atoms with Crippen LogP contribution < -0.4 is 4.31 Å². The van der Waals surface area contributed by atoms with Gasteiger partial charge in [0, 0.05) is 30.6 Å². The zero-order valence-electron chi connectivity index (χ0n) is 17.0. The molecule has 2 aliphatic heterocycles. The van der Waals surface area contributed by atoms with Crippen molar-refractivity contribution in [3.63, 3.8) is 0 Å². The van der Waals surface area contributed by atoms with Gasteiger partial charge in [-0.3, -0.25) is 0 Å². The van der Waals surface area contributed by atoms with E-state index in [1.54, 1.807) is 0 Å². The fourth-order valence-corrected chi connectivity index (χ4v) is 4.94. The van der Waals surface area contributed by atoms with Crippen LogP contribution in [0.1, 0.15) is 43.2 Å². The average molecular weight is 407 g/mol. The third-order valence-electron chi connectivity index (χ3n) is 5.56. The van der Waals surface area contributed by atoms with Crippen molar-refractivity contribution in [2.75, 3.05) is 29.7 Å². The molecule has 0 unspecified atom stereocenters. The summed E-state index contributed by atoms with van der Waals surface area (Å²) in [5.74, 6) is 1.13. The summed E-state index contributed by atoms with van der Waals surface area (Å²) in [6.45, 7) is 4.60. The minimum atomic E-state index is 0.835. The second kappa shape index (κ2) is 10.6. The molecule has 2 aliphatic rings. The largest absolute Gasteiger partial charge is 0.312 e. The first kappa shape index (κ1) is 20.2. The first-order valence-corrected chi connectivity index (χ1v) is 11.7. The Kier molecular flexibility index (Phi) is 7.38. The summed E-state index contributed by atoms with van der Waals surface area (Å²) < 4.78 is 2.43. The van der Waals surface area contributed by atoms with Gasteiger partial charge in [0.1, 0.15) is 0 Å². The van der Waals surface area contributed by atoms with Crippen LogP contribution in [0.15, 0.2) is 64.8 Å². The average Bonchev–Trinajstić information content (AvgIpc) is 3.19. The van der Waals surface area contributed by atoms with Crippen molar-refractivity contribution in [2.24, 2.45) is 10.2 Å². The SMILES string of the molecule is C1=NN=C(c2ccc(CN(SCCN3CCCCCC3)c3ccccc3)cc2)C1. The number of likely N-dealkylation sites (tertiary alicyclic amines) is 1. The summed E-state index contributed by atoms with van der Waals surface area (Å²) in [6, 6.07) is 19.5. The van der Waals surface area contributed by atoms with Crippen molar-refractivity contribution in [3.8, 4) is 0 Å². The van der Waals surface area contributed by atoms with Gasteiger partial charge >= 0.3 is 0 Å². The standard InChI is InChI=1S/C24H30N4S/c1-2-7-17-27(16-6-1)18-19-29-28(23-8-4-3-5-9-23)20-21-10-12-22(13-11-21)24-14-15-25-26-24/h3-5,8-13,15H,1-2,6-7,14,16-20H2. The zero-order chi connectivity index (χ0) is 19.7. The van der Waals surface area contributed by atoms with Gasteiger partial charge in [-0.05, 0) is 61.1 Å². The number of hydrogen-bond donors (Lipinski definition) is 0. The lowest BCUT2D eigenvalue weighted by atomic mass is 10.1. The first-order chi connectivity index (χ1) is 14.4. The van der Waals surface area contributed by atoms with E-state index in [-0.39, 0.29) is 0 Å². The molecule has 152 valence electrons. The fraction of sp³-hybridized carbons (Fsp3) is 0.417. The highest BCUT2D eigenvalue weighted by Gasteiger charge is 2.13. The maximum Gasteiger partial charge on any atom is 0.0756 e. The lowest BCUT2D eigenvalue weighted by Gasteiger charge is -2.26. The molecule has 4 rings (SSSR count). The topological polar surface area (TPSA) is 31.2 Å². The molecule has 2 heterocycles. The summed E-state index contributed by atoms with van der Waals surface area (Å²) in [5, 5.41) is 8.18. The number of benzene rings is 2. The van der Waals surface area contributed by atoms with Gasteiger partial charge in [0.2, 0.25) is 0 Å². The van der Waals surface area contributed by atoms with E-state index >= 15 is 0 Å². The lowest BCUT2D eigenvalue weighted by molar-refractivity contribution is 0.303. The van der Waals surface area contributed by atoms with Crippen molar-refractivity contribution < 1.29 is 0 Å². The Balaban J connectivity index is 1.38. The Morgan fingerprint density at radius 3 is 2.34 bits per heavy atom. The fourth-order valence-electron chi connectivity index (χ4n) is 3.87. The van der Waals surface area contributed by atoms with Crippen LogP contribution in [-0.4, -0.2) is 42.2 Å². The maximum absolute atomic E-state index is 4.20. The van der Waals surface area contributed by atoms with E-state index in [2.05, 4.69) is 74.0 Å². The molecule has 0 amide bonds. The van der Waals surface area contributed by atoms with E-state index in [1.165, 1.54) is 62.1 Å². The summed E-state index contributed by atoms with van der Waals surface area (Å²) in [4.78, 5) is 2.64. The predicted octanol–water partition coefficient (Wildman–Crippen LogP) is 5.40.